The summed E-state index contributed by atoms with van der Waals surface area (Å²) >= 11 is 2.26. The molecule has 0 unspecified atom stereocenters. The lowest BCUT2D eigenvalue weighted by Gasteiger charge is -1.99. The summed E-state index contributed by atoms with van der Waals surface area (Å²) < 4.78 is 6.79. The number of non-ortho nitro benzene ring substituents is 1. The van der Waals surface area contributed by atoms with E-state index in [2.05, 4.69) is 27.6 Å². The molecule has 3 rings (SSSR count). The normalized spacial score (nSPS) is 10.9. The van der Waals surface area contributed by atoms with Crippen LogP contribution in [0.25, 0.3) is 22.6 Å². The van der Waals surface area contributed by atoms with Crippen LogP contribution in [0, 0.1) is 20.6 Å². The van der Waals surface area contributed by atoms with Gasteiger partial charge in [-0.25, -0.2) is 4.98 Å². The standard InChI is InChI=1S/C14H9IN2O3/c1-8-6-9(2-4-11(8)15)14-16-12-5-3-10(17(18)19)7-13(12)20-14/h2-7H,1H3. The van der Waals surface area contributed by atoms with Gasteiger partial charge in [0.25, 0.3) is 5.69 Å². The number of fused-ring (bicyclic) bond motifs is 1. The summed E-state index contributed by atoms with van der Waals surface area (Å²) in [6.07, 6.45) is 0. The highest BCUT2D eigenvalue weighted by atomic mass is 127. The van der Waals surface area contributed by atoms with E-state index in [1.807, 2.05) is 25.1 Å². The van der Waals surface area contributed by atoms with Gasteiger partial charge < -0.3 is 4.42 Å². The molecule has 0 saturated heterocycles. The molecule has 0 N–H and O–H groups in total. The molecule has 0 aliphatic carbocycles. The second-order valence-electron chi connectivity index (χ2n) is 4.39. The number of oxazole rings is 1. The molecule has 0 saturated carbocycles. The molecule has 0 fully saturated rings. The molecule has 0 spiro atoms. The van der Waals surface area contributed by atoms with Gasteiger partial charge in [0.2, 0.25) is 5.89 Å². The highest BCUT2D eigenvalue weighted by Gasteiger charge is 2.13. The van der Waals surface area contributed by atoms with Crippen LogP contribution in [0.2, 0.25) is 0 Å². The van der Waals surface area contributed by atoms with E-state index in [-0.39, 0.29) is 5.69 Å². The van der Waals surface area contributed by atoms with Crippen LogP contribution in [-0.4, -0.2) is 9.91 Å². The van der Waals surface area contributed by atoms with Gasteiger partial charge in [-0.15, -0.1) is 0 Å². The third-order valence-corrected chi connectivity index (χ3v) is 4.20. The molecular formula is C14H9IN2O3. The predicted molar refractivity (Wildman–Crippen MR) is 83.6 cm³/mol. The van der Waals surface area contributed by atoms with E-state index in [1.54, 1.807) is 6.07 Å². The summed E-state index contributed by atoms with van der Waals surface area (Å²) in [6, 6.07) is 10.3. The van der Waals surface area contributed by atoms with Crippen LogP contribution in [0.3, 0.4) is 0 Å². The lowest BCUT2D eigenvalue weighted by atomic mass is 10.1. The Morgan fingerprint density at radius 2 is 2.05 bits per heavy atom. The van der Waals surface area contributed by atoms with Crippen LogP contribution in [-0.2, 0) is 0 Å². The maximum Gasteiger partial charge on any atom is 0.273 e. The fourth-order valence-electron chi connectivity index (χ4n) is 1.93. The Balaban J connectivity index is 2.12. The van der Waals surface area contributed by atoms with Crippen LogP contribution in [0.15, 0.2) is 40.8 Å². The number of hydrogen-bond donors (Lipinski definition) is 0. The Labute approximate surface area is 127 Å². The molecule has 0 amide bonds. The van der Waals surface area contributed by atoms with E-state index in [1.165, 1.54) is 12.1 Å². The van der Waals surface area contributed by atoms with Gasteiger partial charge in [0.15, 0.2) is 5.58 Å². The average Bonchev–Trinajstić information content (AvgIpc) is 2.84. The van der Waals surface area contributed by atoms with Crippen LogP contribution in [0.4, 0.5) is 5.69 Å². The Kier molecular flexibility index (Phi) is 3.17. The van der Waals surface area contributed by atoms with Crippen molar-refractivity contribution in [2.45, 2.75) is 6.92 Å². The summed E-state index contributed by atoms with van der Waals surface area (Å²) in [6.45, 7) is 2.01. The summed E-state index contributed by atoms with van der Waals surface area (Å²) in [4.78, 5) is 14.7. The number of aromatic nitrogens is 1. The molecule has 0 aliphatic heterocycles. The average molecular weight is 380 g/mol. The number of nitro groups is 1. The molecule has 0 aliphatic rings. The zero-order valence-corrected chi connectivity index (χ0v) is 12.6. The van der Waals surface area contributed by atoms with E-state index in [0.717, 1.165) is 14.7 Å². The van der Waals surface area contributed by atoms with Gasteiger partial charge >= 0.3 is 0 Å². The molecular weight excluding hydrogens is 371 g/mol. The molecule has 5 nitrogen and oxygen atoms in total. The van der Waals surface area contributed by atoms with Crippen molar-refractivity contribution in [3.8, 4) is 11.5 Å². The summed E-state index contributed by atoms with van der Waals surface area (Å²) in [5, 5.41) is 10.7. The first kappa shape index (κ1) is 13.0. The quantitative estimate of drug-likeness (QED) is 0.377. The van der Waals surface area contributed by atoms with Crippen LogP contribution < -0.4 is 0 Å². The van der Waals surface area contributed by atoms with Crippen molar-refractivity contribution >= 4 is 39.4 Å². The van der Waals surface area contributed by atoms with Crippen molar-refractivity contribution in [1.82, 2.24) is 4.98 Å². The summed E-state index contributed by atoms with van der Waals surface area (Å²) in [7, 11) is 0. The molecule has 3 aromatic rings. The van der Waals surface area contributed by atoms with Gasteiger partial charge in [-0.05, 0) is 59.3 Å². The largest absolute Gasteiger partial charge is 0.436 e. The summed E-state index contributed by atoms with van der Waals surface area (Å²) in [5.41, 5.74) is 3.03. The molecule has 1 heterocycles. The molecule has 100 valence electrons. The third kappa shape index (κ3) is 2.26. The van der Waals surface area contributed by atoms with E-state index in [4.69, 9.17) is 4.42 Å². The van der Waals surface area contributed by atoms with E-state index < -0.39 is 4.92 Å². The van der Waals surface area contributed by atoms with Crippen molar-refractivity contribution in [2.75, 3.05) is 0 Å². The zero-order valence-electron chi connectivity index (χ0n) is 10.5. The Morgan fingerprint density at radius 3 is 2.75 bits per heavy atom. The Hall–Kier alpha value is -1.96. The predicted octanol–water partition coefficient (Wildman–Crippen LogP) is 4.32. The first-order valence-corrected chi connectivity index (χ1v) is 6.94. The van der Waals surface area contributed by atoms with E-state index in [0.29, 0.717) is 17.0 Å². The molecule has 20 heavy (non-hydrogen) atoms. The number of halogens is 1. The highest BCUT2D eigenvalue weighted by molar-refractivity contribution is 14.1. The zero-order chi connectivity index (χ0) is 14.3. The minimum atomic E-state index is -0.448. The first-order valence-electron chi connectivity index (χ1n) is 5.86. The van der Waals surface area contributed by atoms with Gasteiger partial charge in [0.1, 0.15) is 5.52 Å². The number of rotatable bonds is 2. The van der Waals surface area contributed by atoms with Crippen molar-refractivity contribution in [2.24, 2.45) is 0 Å². The first-order chi connectivity index (χ1) is 9.54. The molecule has 0 radical (unpaired) electrons. The summed E-state index contributed by atoms with van der Waals surface area (Å²) in [5.74, 6) is 0.472. The molecule has 6 heteroatoms. The van der Waals surface area contributed by atoms with Gasteiger partial charge in [0, 0.05) is 15.2 Å². The lowest BCUT2D eigenvalue weighted by Crippen LogP contribution is -1.86. The molecule has 0 bridgehead atoms. The van der Waals surface area contributed by atoms with Crippen molar-refractivity contribution in [3.05, 3.63) is 55.6 Å². The SMILES string of the molecule is Cc1cc(-c2nc3ccc([N+](=O)[O-])cc3o2)ccc1I. The second-order valence-corrected chi connectivity index (χ2v) is 5.55. The Morgan fingerprint density at radius 1 is 1.25 bits per heavy atom. The van der Waals surface area contributed by atoms with Crippen molar-refractivity contribution < 1.29 is 9.34 Å². The van der Waals surface area contributed by atoms with Gasteiger partial charge in [-0.1, -0.05) is 0 Å². The van der Waals surface area contributed by atoms with Crippen LogP contribution in [0.1, 0.15) is 5.56 Å². The minimum Gasteiger partial charge on any atom is -0.436 e. The molecule has 2 aromatic carbocycles. The number of hydrogen-bond acceptors (Lipinski definition) is 4. The third-order valence-electron chi connectivity index (χ3n) is 2.99. The lowest BCUT2D eigenvalue weighted by molar-refractivity contribution is -0.384. The molecule has 1 aromatic heterocycles. The Bertz CT molecular complexity index is 826. The maximum atomic E-state index is 10.7. The van der Waals surface area contributed by atoms with E-state index in [9.17, 15) is 10.1 Å². The fraction of sp³-hybridized carbons (Fsp3) is 0.0714. The number of nitrogens with zero attached hydrogens (tertiary/aromatic N) is 2. The highest BCUT2D eigenvalue weighted by Crippen LogP contribution is 2.28. The fourth-order valence-corrected chi connectivity index (χ4v) is 2.26. The topological polar surface area (TPSA) is 69.2 Å². The molecule has 0 atom stereocenters. The maximum absolute atomic E-state index is 10.7. The van der Waals surface area contributed by atoms with Gasteiger partial charge in [0.05, 0.1) is 11.0 Å². The smallest absolute Gasteiger partial charge is 0.273 e. The van der Waals surface area contributed by atoms with Gasteiger partial charge in [-0.3, -0.25) is 10.1 Å². The van der Waals surface area contributed by atoms with Crippen LogP contribution in [0.5, 0.6) is 0 Å². The monoisotopic (exact) mass is 380 g/mol. The van der Waals surface area contributed by atoms with E-state index >= 15 is 0 Å². The number of benzene rings is 2. The second kappa shape index (κ2) is 4.86. The number of nitro benzene ring substituents is 1. The minimum absolute atomic E-state index is 0.000935. The number of aryl methyl sites for hydroxylation is 1. The van der Waals surface area contributed by atoms with Crippen molar-refractivity contribution in [1.29, 1.82) is 0 Å². The van der Waals surface area contributed by atoms with Gasteiger partial charge in [-0.2, -0.15) is 0 Å². The van der Waals surface area contributed by atoms with Crippen molar-refractivity contribution in [3.63, 3.8) is 0 Å². The van der Waals surface area contributed by atoms with Crippen LogP contribution >= 0.6 is 22.6 Å².